The summed E-state index contributed by atoms with van der Waals surface area (Å²) in [5, 5.41) is 0. The first-order chi connectivity index (χ1) is 12.3. The van der Waals surface area contributed by atoms with E-state index in [1.807, 2.05) is 4.90 Å². The van der Waals surface area contributed by atoms with Gasteiger partial charge in [-0.1, -0.05) is 12.1 Å². The summed E-state index contributed by atoms with van der Waals surface area (Å²) in [6.07, 6.45) is -1.44. The molecule has 4 nitrogen and oxygen atoms in total. The van der Waals surface area contributed by atoms with E-state index in [4.69, 9.17) is 0 Å². The van der Waals surface area contributed by atoms with E-state index in [9.17, 15) is 22.8 Å². The lowest BCUT2D eigenvalue weighted by Crippen LogP contribution is -2.43. The van der Waals surface area contributed by atoms with Gasteiger partial charge in [0, 0.05) is 32.5 Å². The Morgan fingerprint density at radius 1 is 1.00 bits per heavy atom. The number of benzene rings is 1. The molecule has 0 radical (unpaired) electrons. The quantitative estimate of drug-likeness (QED) is 0.800. The van der Waals surface area contributed by atoms with Crippen LogP contribution in [-0.2, 0) is 15.8 Å². The highest BCUT2D eigenvalue weighted by molar-refractivity contribution is 5.80. The van der Waals surface area contributed by atoms with Gasteiger partial charge in [-0.15, -0.1) is 0 Å². The largest absolute Gasteiger partial charge is 0.416 e. The molecule has 2 amide bonds. The van der Waals surface area contributed by atoms with Crippen LogP contribution in [0.1, 0.15) is 49.8 Å². The van der Waals surface area contributed by atoms with Crippen molar-refractivity contribution in [3.63, 3.8) is 0 Å². The van der Waals surface area contributed by atoms with Crippen molar-refractivity contribution in [1.82, 2.24) is 9.80 Å². The zero-order valence-electron chi connectivity index (χ0n) is 14.8. The fraction of sp³-hybridized carbons (Fsp3) is 0.579. The SMILES string of the molecule is CC(=O)N1CCC(C(=O)N2CCCC2c2ccc(C(F)(F)F)cc2)CC1. The van der Waals surface area contributed by atoms with Crippen molar-refractivity contribution >= 4 is 11.8 Å². The second-order valence-corrected chi connectivity index (χ2v) is 7.09. The summed E-state index contributed by atoms with van der Waals surface area (Å²) < 4.78 is 38.2. The monoisotopic (exact) mass is 368 g/mol. The van der Waals surface area contributed by atoms with Crippen molar-refractivity contribution in [3.8, 4) is 0 Å². The average Bonchev–Trinajstić information content (AvgIpc) is 3.10. The van der Waals surface area contributed by atoms with E-state index in [1.54, 1.807) is 4.90 Å². The first kappa shape index (κ1) is 18.7. The Balaban J connectivity index is 1.68. The number of halogens is 3. The van der Waals surface area contributed by atoms with Crippen LogP contribution in [0, 0.1) is 5.92 Å². The zero-order valence-corrected chi connectivity index (χ0v) is 14.8. The Labute approximate surface area is 151 Å². The fourth-order valence-corrected chi connectivity index (χ4v) is 3.95. The van der Waals surface area contributed by atoms with Gasteiger partial charge < -0.3 is 9.80 Å². The zero-order chi connectivity index (χ0) is 18.9. The summed E-state index contributed by atoms with van der Waals surface area (Å²) >= 11 is 0. The molecule has 0 aromatic heterocycles. The maximum absolute atomic E-state index is 12.9. The van der Waals surface area contributed by atoms with Gasteiger partial charge in [-0.05, 0) is 43.4 Å². The molecule has 0 saturated carbocycles. The molecule has 2 aliphatic heterocycles. The topological polar surface area (TPSA) is 40.6 Å². The van der Waals surface area contributed by atoms with Gasteiger partial charge in [-0.2, -0.15) is 13.2 Å². The van der Waals surface area contributed by atoms with Gasteiger partial charge in [0.15, 0.2) is 0 Å². The van der Waals surface area contributed by atoms with Crippen LogP contribution in [0.4, 0.5) is 13.2 Å². The molecule has 1 aromatic rings. The third kappa shape index (κ3) is 3.86. The lowest BCUT2D eigenvalue weighted by molar-refractivity contribution is -0.141. The standard InChI is InChI=1S/C19H23F3N2O2/c1-13(25)23-11-8-15(9-12-23)18(26)24-10-2-3-17(24)14-4-6-16(7-5-14)19(20,21)22/h4-7,15,17H,2-3,8-12H2,1H3. The Bertz CT molecular complexity index is 664. The number of alkyl halides is 3. The number of carbonyl (C=O) groups is 2. The van der Waals surface area contributed by atoms with E-state index in [-0.39, 0.29) is 23.8 Å². The Morgan fingerprint density at radius 3 is 2.15 bits per heavy atom. The van der Waals surface area contributed by atoms with Crippen LogP contribution in [0.5, 0.6) is 0 Å². The van der Waals surface area contributed by atoms with Gasteiger partial charge in [-0.3, -0.25) is 9.59 Å². The third-order valence-electron chi connectivity index (χ3n) is 5.45. The molecule has 3 rings (SSSR count). The molecule has 7 heteroatoms. The highest BCUT2D eigenvalue weighted by Gasteiger charge is 2.36. The van der Waals surface area contributed by atoms with Gasteiger partial charge in [0.25, 0.3) is 0 Å². The van der Waals surface area contributed by atoms with Crippen molar-refractivity contribution in [2.45, 2.75) is 44.8 Å². The maximum atomic E-state index is 12.9. The molecule has 0 aliphatic carbocycles. The van der Waals surface area contributed by atoms with E-state index in [1.165, 1.54) is 19.1 Å². The number of hydrogen-bond donors (Lipinski definition) is 0. The molecular formula is C19H23F3N2O2. The molecule has 1 aromatic carbocycles. The van der Waals surface area contributed by atoms with Crippen LogP contribution in [0.2, 0.25) is 0 Å². The van der Waals surface area contributed by atoms with Crippen LogP contribution >= 0.6 is 0 Å². The number of likely N-dealkylation sites (tertiary alicyclic amines) is 2. The summed E-state index contributed by atoms with van der Waals surface area (Å²) in [5.41, 5.74) is 0.0822. The first-order valence-electron chi connectivity index (χ1n) is 9.00. The summed E-state index contributed by atoms with van der Waals surface area (Å²) in [5.74, 6) is -0.0176. The second kappa shape index (κ2) is 7.29. The molecule has 0 bridgehead atoms. The normalized spacial score (nSPS) is 21.9. The smallest absolute Gasteiger partial charge is 0.343 e. The Hall–Kier alpha value is -2.05. The van der Waals surface area contributed by atoms with Crippen LogP contribution in [0.25, 0.3) is 0 Å². The lowest BCUT2D eigenvalue weighted by Gasteiger charge is -2.34. The predicted molar refractivity (Wildman–Crippen MR) is 90.1 cm³/mol. The summed E-state index contributed by atoms with van der Waals surface area (Å²) in [7, 11) is 0. The molecule has 2 fully saturated rings. The van der Waals surface area contributed by atoms with E-state index in [0.717, 1.165) is 30.5 Å². The average molecular weight is 368 g/mol. The molecule has 2 saturated heterocycles. The molecule has 1 unspecified atom stereocenters. The van der Waals surface area contributed by atoms with Gasteiger partial charge >= 0.3 is 6.18 Å². The summed E-state index contributed by atoms with van der Waals surface area (Å²) in [6.45, 7) is 3.34. The summed E-state index contributed by atoms with van der Waals surface area (Å²) in [4.78, 5) is 27.9. The van der Waals surface area contributed by atoms with Crippen molar-refractivity contribution < 1.29 is 22.8 Å². The summed E-state index contributed by atoms with van der Waals surface area (Å²) in [6, 6.07) is 4.98. The molecule has 1 atom stereocenters. The number of nitrogens with zero attached hydrogens (tertiary/aromatic N) is 2. The minimum Gasteiger partial charge on any atom is -0.343 e. The van der Waals surface area contributed by atoms with Crippen molar-refractivity contribution in [2.24, 2.45) is 5.92 Å². The number of amides is 2. The maximum Gasteiger partial charge on any atom is 0.416 e. The molecule has 26 heavy (non-hydrogen) atoms. The van der Waals surface area contributed by atoms with Crippen molar-refractivity contribution in [2.75, 3.05) is 19.6 Å². The molecule has 0 N–H and O–H groups in total. The van der Waals surface area contributed by atoms with E-state index in [2.05, 4.69) is 0 Å². The highest BCUT2D eigenvalue weighted by atomic mass is 19.4. The van der Waals surface area contributed by atoms with Crippen LogP contribution in [-0.4, -0.2) is 41.2 Å². The van der Waals surface area contributed by atoms with Crippen LogP contribution < -0.4 is 0 Å². The molecule has 2 aliphatic rings. The van der Waals surface area contributed by atoms with Crippen LogP contribution in [0.3, 0.4) is 0 Å². The van der Waals surface area contributed by atoms with E-state index in [0.29, 0.717) is 32.5 Å². The van der Waals surface area contributed by atoms with Crippen molar-refractivity contribution in [1.29, 1.82) is 0 Å². The predicted octanol–water partition coefficient (Wildman–Crippen LogP) is 3.63. The highest BCUT2D eigenvalue weighted by Crippen LogP contribution is 2.36. The number of carbonyl (C=O) groups excluding carboxylic acids is 2. The second-order valence-electron chi connectivity index (χ2n) is 7.09. The minimum absolute atomic E-state index is 0.0275. The van der Waals surface area contributed by atoms with Gasteiger partial charge in [0.2, 0.25) is 11.8 Å². The minimum atomic E-state index is -4.35. The molecule has 0 spiro atoms. The Kier molecular flexibility index (Phi) is 5.25. The molecule has 142 valence electrons. The van der Waals surface area contributed by atoms with Crippen LogP contribution in [0.15, 0.2) is 24.3 Å². The molecular weight excluding hydrogens is 345 g/mol. The van der Waals surface area contributed by atoms with Gasteiger partial charge in [-0.25, -0.2) is 0 Å². The van der Waals surface area contributed by atoms with E-state index >= 15 is 0 Å². The molecule has 2 heterocycles. The third-order valence-corrected chi connectivity index (χ3v) is 5.45. The Morgan fingerprint density at radius 2 is 1.62 bits per heavy atom. The lowest BCUT2D eigenvalue weighted by atomic mass is 9.94. The number of hydrogen-bond acceptors (Lipinski definition) is 2. The van der Waals surface area contributed by atoms with E-state index < -0.39 is 11.7 Å². The van der Waals surface area contributed by atoms with Crippen molar-refractivity contribution in [3.05, 3.63) is 35.4 Å². The van der Waals surface area contributed by atoms with Gasteiger partial charge in [0.1, 0.15) is 0 Å². The number of rotatable bonds is 2. The van der Waals surface area contributed by atoms with Gasteiger partial charge in [0.05, 0.1) is 11.6 Å². The first-order valence-corrected chi connectivity index (χ1v) is 9.00. The number of piperidine rings is 1. The fourth-order valence-electron chi connectivity index (χ4n) is 3.95.